The number of likely N-dealkylation sites (tertiary alicyclic amines) is 1. The van der Waals surface area contributed by atoms with E-state index in [4.69, 9.17) is 23.2 Å². The molecule has 0 spiro atoms. The molecule has 2 heterocycles. The first-order chi connectivity index (χ1) is 17.3. The summed E-state index contributed by atoms with van der Waals surface area (Å²) in [7, 11) is 0. The van der Waals surface area contributed by atoms with Crippen molar-refractivity contribution < 1.29 is 32.7 Å². The van der Waals surface area contributed by atoms with E-state index in [1.54, 1.807) is 0 Å². The SMILES string of the molecule is Cc1cc(C(F)(F)F)cc2c(C)n(C(=O)c3c(Cl)ccc(C(=O)N4CCCCC4CC(=O)O)c3Cl)nc12. The van der Waals surface area contributed by atoms with Crippen molar-refractivity contribution in [3.05, 3.63) is 62.3 Å². The van der Waals surface area contributed by atoms with Crippen LogP contribution in [0.4, 0.5) is 13.2 Å². The van der Waals surface area contributed by atoms with Crippen molar-refractivity contribution in [2.75, 3.05) is 6.54 Å². The maximum Gasteiger partial charge on any atom is 0.416 e. The van der Waals surface area contributed by atoms with Crippen molar-refractivity contribution >= 4 is 51.9 Å². The number of alkyl halides is 3. The monoisotopic (exact) mass is 555 g/mol. The Morgan fingerprint density at radius 1 is 1.11 bits per heavy atom. The van der Waals surface area contributed by atoms with E-state index in [0.29, 0.717) is 19.4 Å². The largest absolute Gasteiger partial charge is 0.481 e. The van der Waals surface area contributed by atoms with E-state index >= 15 is 0 Å². The van der Waals surface area contributed by atoms with Gasteiger partial charge in [0.2, 0.25) is 0 Å². The van der Waals surface area contributed by atoms with Crippen LogP contribution in [0.15, 0.2) is 24.3 Å². The zero-order valence-corrected chi connectivity index (χ0v) is 21.3. The van der Waals surface area contributed by atoms with Crippen molar-refractivity contribution in [2.24, 2.45) is 0 Å². The summed E-state index contributed by atoms with van der Waals surface area (Å²) in [5, 5.41) is 13.3. The van der Waals surface area contributed by atoms with Crippen LogP contribution in [0.25, 0.3) is 10.9 Å². The highest BCUT2D eigenvalue weighted by atomic mass is 35.5. The lowest BCUT2D eigenvalue weighted by Gasteiger charge is -2.35. The highest BCUT2D eigenvalue weighted by molar-refractivity contribution is 6.41. The number of aliphatic carboxylic acids is 1. The van der Waals surface area contributed by atoms with E-state index < -0.39 is 35.6 Å². The molecule has 196 valence electrons. The third-order valence-electron chi connectivity index (χ3n) is 6.56. The van der Waals surface area contributed by atoms with Gasteiger partial charge in [0.15, 0.2) is 0 Å². The van der Waals surface area contributed by atoms with Crippen molar-refractivity contribution in [2.45, 2.75) is 51.7 Å². The number of fused-ring (bicyclic) bond motifs is 1. The molecule has 1 atom stereocenters. The standard InChI is InChI=1S/C25H22Cl2F3N3O4/c1-12-9-14(25(28,29)30)10-17-13(2)33(31-22(12)17)24(37)20-18(26)7-6-16(21(20)27)23(36)32-8-4-3-5-15(32)11-19(34)35/h6-7,9-10,15H,3-5,8,11H2,1-2H3,(H,34,35). The van der Waals surface area contributed by atoms with E-state index in [-0.39, 0.29) is 49.8 Å². The zero-order valence-electron chi connectivity index (χ0n) is 19.8. The number of hydrogen-bond donors (Lipinski definition) is 1. The molecule has 0 radical (unpaired) electrons. The van der Waals surface area contributed by atoms with Crippen LogP contribution in [0, 0.1) is 13.8 Å². The minimum atomic E-state index is -4.58. The lowest BCUT2D eigenvalue weighted by atomic mass is 9.97. The maximum atomic E-state index is 13.5. The number of hydrogen-bond acceptors (Lipinski definition) is 4. The topological polar surface area (TPSA) is 92.5 Å². The maximum absolute atomic E-state index is 13.5. The smallest absolute Gasteiger partial charge is 0.416 e. The Kier molecular flexibility index (Phi) is 7.27. The number of carbonyl (C=O) groups excluding carboxylic acids is 2. The van der Waals surface area contributed by atoms with Crippen LogP contribution < -0.4 is 0 Å². The molecule has 0 bridgehead atoms. The van der Waals surface area contributed by atoms with E-state index in [2.05, 4.69) is 5.10 Å². The van der Waals surface area contributed by atoms with Crippen LogP contribution in [0.1, 0.15) is 63.2 Å². The fourth-order valence-electron chi connectivity index (χ4n) is 4.69. The fourth-order valence-corrected chi connectivity index (χ4v) is 5.31. The molecule has 12 heteroatoms. The molecule has 3 aromatic rings. The van der Waals surface area contributed by atoms with Crippen molar-refractivity contribution in [1.29, 1.82) is 0 Å². The van der Waals surface area contributed by atoms with E-state index in [1.165, 1.54) is 30.9 Å². The van der Waals surface area contributed by atoms with Crippen molar-refractivity contribution in [3.8, 4) is 0 Å². The summed E-state index contributed by atoms with van der Waals surface area (Å²) >= 11 is 12.8. The molecule has 2 aromatic carbocycles. The molecule has 4 rings (SSSR count). The average molecular weight is 556 g/mol. The second-order valence-corrected chi connectivity index (χ2v) is 9.80. The van der Waals surface area contributed by atoms with E-state index in [1.807, 2.05) is 0 Å². The number of aromatic nitrogens is 2. The Labute approximate surface area is 219 Å². The number of carbonyl (C=O) groups is 3. The molecule has 1 N–H and O–H groups in total. The van der Waals surface area contributed by atoms with Crippen molar-refractivity contribution in [3.63, 3.8) is 0 Å². The van der Waals surface area contributed by atoms with Crippen LogP contribution in [0.5, 0.6) is 0 Å². The second kappa shape index (κ2) is 9.98. The first kappa shape index (κ1) is 26.9. The number of rotatable bonds is 4. The molecule has 1 amide bonds. The summed E-state index contributed by atoms with van der Waals surface area (Å²) in [5.41, 5.74) is -0.537. The summed E-state index contributed by atoms with van der Waals surface area (Å²) in [4.78, 5) is 39.7. The first-order valence-corrected chi connectivity index (χ1v) is 12.2. The first-order valence-electron chi connectivity index (χ1n) is 11.4. The van der Waals surface area contributed by atoms with Crippen LogP contribution in [-0.2, 0) is 11.0 Å². The number of carboxylic acids is 1. The van der Waals surface area contributed by atoms with E-state index in [9.17, 15) is 32.7 Å². The molecule has 1 aliphatic heterocycles. The fraction of sp³-hybridized carbons (Fsp3) is 0.360. The van der Waals surface area contributed by atoms with Gasteiger partial charge in [-0.25, -0.2) is 0 Å². The summed E-state index contributed by atoms with van der Waals surface area (Å²) in [6, 6.07) is 4.05. The molecular weight excluding hydrogens is 534 g/mol. The number of carboxylic acid groups (broad SMARTS) is 1. The Balaban J connectivity index is 1.77. The molecule has 1 aromatic heterocycles. The predicted octanol–water partition coefficient (Wildman–Crippen LogP) is 6.14. The van der Waals surface area contributed by atoms with E-state index in [0.717, 1.165) is 23.2 Å². The molecule has 1 fully saturated rings. The molecule has 0 saturated carbocycles. The van der Waals surface area contributed by atoms with Crippen molar-refractivity contribution in [1.82, 2.24) is 14.7 Å². The zero-order chi connectivity index (χ0) is 27.2. The minimum absolute atomic E-state index is 0.0309. The Hall–Kier alpha value is -3.11. The quantitative estimate of drug-likeness (QED) is 0.417. The number of piperidine rings is 1. The Morgan fingerprint density at radius 3 is 2.46 bits per heavy atom. The van der Waals surface area contributed by atoms with Gasteiger partial charge in [0.25, 0.3) is 11.8 Å². The lowest BCUT2D eigenvalue weighted by molar-refractivity contribution is -0.139. The van der Waals surface area contributed by atoms with Gasteiger partial charge < -0.3 is 10.0 Å². The summed E-state index contributed by atoms with van der Waals surface area (Å²) < 4.78 is 40.9. The molecule has 1 aliphatic rings. The summed E-state index contributed by atoms with van der Waals surface area (Å²) in [6.07, 6.45) is -2.81. The van der Waals surface area contributed by atoms with Gasteiger partial charge in [0, 0.05) is 18.0 Å². The third kappa shape index (κ3) is 5.04. The van der Waals surface area contributed by atoms with Gasteiger partial charge in [0.05, 0.1) is 44.4 Å². The highest BCUT2D eigenvalue weighted by Gasteiger charge is 2.34. The molecule has 0 aliphatic carbocycles. The van der Waals surface area contributed by atoms with Crippen LogP contribution in [0.3, 0.4) is 0 Å². The van der Waals surface area contributed by atoms with Gasteiger partial charge in [0.1, 0.15) is 0 Å². The molecule has 7 nitrogen and oxygen atoms in total. The molecule has 1 unspecified atom stereocenters. The third-order valence-corrected chi connectivity index (χ3v) is 7.27. The number of benzene rings is 2. The van der Waals surface area contributed by atoms with Gasteiger partial charge in [-0.3, -0.25) is 14.4 Å². The minimum Gasteiger partial charge on any atom is -0.481 e. The molecular formula is C25H22Cl2F3N3O4. The Morgan fingerprint density at radius 2 is 1.81 bits per heavy atom. The lowest BCUT2D eigenvalue weighted by Crippen LogP contribution is -2.45. The van der Waals surface area contributed by atoms with Gasteiger partial charge >= 0.3 is 12.1 Å². The highest BCUT2D eigenvalue weighted by Crippen LogP contribution is 2.36. The van der Waals surface area contributed by atoms with Crippen LogP contribution in [0.2, 0.25) is 10.0 Å². The predicted molar refractivity (Wildman–Crippen MR) is 131 cm³/mol. The van der Waals surface area contributed by atoms with Crippen LogP contribution >= 0.6 is 23.2 Å². The number of amides is 1. The van der Waals surface area contributed by atoms with Gasteiger partial charge in [-0.2, -0.15) is 23.0 Å². The average Bonchev–Trinajstić information content (AvgIpc) is 3.15. The molecule has 37 heavy (non-hydrogen) atoms. The molecule has 1 saturated heterocycles. The number of aryl methyl sites for hydroxylation is 2. The number of nitrogens with zero attached hydrogens (tertiary/aromatic N) is 3. The normalized spacial score (nSPS) is 16.3. The van der Waals surface area contributed by atoms with Gasteiger partial charge in [-0.05, 0) is 62.9 Å². The van der Waals surface area contributed by atoms with Gasteiger partial charge in [-0.1, -0.05) is 23.2 Å². The number of halogens is 5. The van der Waals surface area contributed by atoms with Gasteiger partial charge in [-0.15, -0.1) is 0 Å². The summed E-state index contributed by atoms with van der Waals surface area (Å²) in [6.45, 7) is 3.25. The van der Waals surface area contributed by atoms with Crippen LogP contribution in [-0.4, -0.2) is 50.2 Å². The summed E-state index contributed by atoms with van der Waals surface area (Å²) in [5.74, 6) is -2.38. The second-order valence-electron chi connectivity index (χ2n) is 9.02. The Bertz CT molecular complexity index is 1440.